The Balaban J connectivity index is 2.59. The molecule has 112 valence electrons. The van der Waals surface area contributed by atoms with E-state index in [4.69, 9.17) is 34.8 Å². The third kappa shape index (κ3) is 3.67. The standard InChI is InChI=1S/C14H7BrCl3F3/c15-6-8-3-7(1-2-10(8)14(19,20)21)9-4-12(17)13(18)5-11(9)16/h1-5H,6H2. The van der Waals surface area contributed by atoms with Crippen molar-refractivity contribution < 1.29 is 13.2 Å². The van der Waals surface area contributed by atoms with Crippen LogP contribution >= 0.6 is 50.7 Å². The van der Waals surface area contributed by atoms with E-state index in [9.17, 15) is 13.2 Å². The first kappa shape index (κ1) is 16.9. The van der Waals surface area contributed by atoms with Crippen molar-refractivity contribution in [2.24, 2.45) is 0 Å². The molecule has 0 bridgehead atoms. The molecule has 0 saturated heterocycles. The van der Waals surface area contributed by atoms with Crippen molar-refractivity contribution in [3.63, 3.8) is 0 Å². The lowest BCUT2D eigenvalue weighted by Crippen LogP contribution is -2.08. The van der Waals surface area contributed by atoms with E-state index >= 15 is 0 Å². The van der Waals surface area contributed by atoms with E-state index in [1.807, 2.05) is 0 Å². The second kappa shape index (κ2) is 6.37. The van der Waals surface area contributed by atoms with Crippen molar-refractivity contribution in [1.29, 1.82) is 0 Å². The van der Waals surface area contributed by atoms with Crippen LogP contribution in [-0.4, -0.2) is 0 Å². The van der Waals surface area contributed by atoms with Gasteiger partial charge in [0.2, 0.25) is 0 Å². The fraction of sp³-hybridized carbons (Fsp3) is 0.143. The smallest absolute Gasteiger partial charge is 0.166 e. The predicted molar refractivity (Wildman–Crippen MR) is 84.5 cm³/mol. The van der Waals surface area contributed by atoms with Crippen molar-refractivity contribution in [3.8, 4) is 11.1 Å². The van der Waals surface area contributed by atoms with Crippen molar-refractivity contribution in [2.45, 2.75) is 11.5 Å². The fourth-order valence-electron chi connectivity index (χ4n) is 1.89. The van der Waals surface area contributed by atoms with E-state index < -0.39 is 11.7 Å². The second-order valence-corrected chi connectivity index (χ2v) is 6.03. The lowest BCUT2D eigenvalue weighted by atomic mass is 9.99. The molecule has 0 N–H and O–H groups in total. The molecule has 7 heteroatoms. The highest BCUT2D eigenvalue weighted by atomic mass is 79.9. The third-order valence-electron chi connectivity index (χ3n) is 2.88. The fourth-order valence-corrected chi connectivity index (χ4v) is 3.01. The summed E-state index contributed by atoms with van der Waals surface area (Å²) < 4.78 is 38.6. The Bertz CT molecular complexity index is 684. The number of benzene rings is 2. The topological polar surface area (TPSA) is 0 Å². The Kier molecular flexibility index (Phi) is 5.14. The lowest BCUT2D eigenvalue weighted by Gasteiger charge is -2.14. The van der Waals surface area contributed by atoms with Crippen LogP contribution in [-0.2, 0) is 11.5 Å². The monoisotopic (exact) mass is 416 g/mol. The van der Waals surface area contributed by atoms with E-state index in [0.29, 0.717) is 16.1 Å². The average molecular weight is 418 g/mol. The molecule has 21 heavy (non-hydrogen) atoms. The van der Waals surface area contributed by atoms with Gasteiger partial charge in [0, 0.05) is 15.9 Å². The van der Waals surface area contributed by atoms with E-state index in [0.717, 1.165) is 6.07 Å². The Morgan fingerprint density at radius 3 is 2.10 bits per heavy atom. The number of alkyl halides is 4. The molecule has 0 aliphatic carbocycles. The molecule has 0 nitrogen and oxygen atoms in total. The molecular weight excluding hydrogens is 411 g/mol. The zero-order valence-electron chi connectivity index (χ0n) is 10.2. The molecular formula is C14H7BrCl3F3. The van der Waals surface area contributed by atoms with Crippen molar-refractivity contribution in [2.75, 3.05) is 0 Å². The first-order valence-electron chi connectivity index (χ1n) is 5.65. The summed E-state index contributed by atoms with van der Waals surface area (Å²) in [5.41, 5.74) is 0.518. The largest absolute Gasteiger partial charge is 0.416 e. The van der Waals surface area contributed by atoms with Gasteiger partial charge < -0.3 is 0 Å². The maximum Gasteiger partial charge on any atom is 0.416 e. The van der Waals surface area contributed by atoms with E-state index in [1.165, 1.54) is 24.3 Å². The lowest BCUT2D eigenvalue weighted by molar-refractivity contribution is -0.138. The summed E-state index contributed by atoms with van der Waals surface area (Å²) in [5, 5.41) is 0.980. The second-order valence-electron chi connectivity index (χ2n) is 4.25. The van der Waals surface area contributed by atoms with Gasteiger partial charge in [-0.15, -0.1) is 0 Å². The van der Waals surface area contributed by atoms with Gasteiger partial charge in [-0.05, 0) is 35.4 Å². The van der Waals surface area contributed by atoms with Crippen LogP contribution in [0.15, 0.2) is 30.3 Å². The first-order chi connectivity index (χ1) is 9.74. The summed E-state index contributed by atoms with van der Waals surface area (Å²) in [6.45, 7) is 0. The molecule has 2 aromatic carbocycles. The van der Waals surface area contributed by atoms with Crippen LogP contribution < -0.4 is 0 Å². The van der Waals surface area contributed by atoms with E-state index in [2.05, 4.69) is 15.9 Å². The van der Waals surface area contributed by atoms with Gasteiger partial charge >= 0.3 is 6.18 Å². The molecule has 2 aromatic rings. The molecule has 0 aromatic heterocycles. The summed E-state index contributed by atoms with van der Waals surface area (Å²) in [4.78, 5) is 0. The van der Waals surface area contributed by atoms with Gasteiger partial charge in [-0.2, -0.15) is 13.2 Å². The molecule has 0 unspecified atom stereocenters. The molecule has 0 heterocycles. The Morgan fingerprint density at radius 1 is 0.905 bits per heavy atom. The molecule has 0 fully saturated rings. The molecule has 2 rings (SSSR count). The first-order valence-corrected chi connectivity index (χ1v) is 7.90. The number of hydrogen-bond acceptors (Lipinski definition) is 0. The summed E-state index contributed by atoms with van der Waals surface area (Å²) >= 11 is 20.9. The molecule has 0 aliphatic rings. The average Bonchev–Trinajstić information content (AvgIpc) is 2.41. The molecule has 0 amide bonds. The van der Waals surface area contributed by atoms with Gasteiger partial charge in [-0.3, -0.25) is 0 Å². The summed E-state index contributed by atoms with van der Waals surface area (Å²) in [7, 11) is 0. The highest BCUT2D eigenvalue weighted by Crippen LogP contribution is 2.39. The van der Waals surface area contributed by atoms with Crippen molar-refractivity contribution in [1.82, 2.24) is 0 Å². The summed E-state index contributed by atoms with van der Waals surface area (Å²) in [6.07, 6.45) is -4.40. The minimum absolute atomic E-state index is 0.0780. The van der Waals surface area contributed by atoms with Crippen LogP contribution in [0.5, 0.6) is 0 Å². The maximum atomic E-state index is 12.9. The third-order valence-corrected chi connectivity index (χ3v) is 4.51. The molecule has 0 spiro atoms. The van der Waals surface area contributed by atoms with E-state index in [-0.39, 0.29) is 20.9 Å². The molecule has 0 radical (unpaired) electrons. The quantitative estimate of drug-likeness (QED) is 0.357. The predicted octanol–water partition coefficient (Wildman–Crippen LogP) is 7.23. The number of halogens is 7. The number of hydrogen-bond donors (Lipinski definition) is 0. The van der Waals surface area contributed by atoms with Crippen LogP contribution in [0, 0.1) is 0 Å². The van der Waals surface area contributed by atoms with Crippen LogP contribution in [0.25, 0.3) is 11.1 Å². The Morgan fingerprint density at radius 2 is 1.52 bits per heavy atom. The van der Waals surface area contributed by atoms with Gasteiger partial charge in [-0.25, -0.2) is 0 Å². The van der Waals surface area contributed by atoms with Gasteiger partial charge in [0.05, 0.1) is 15.6 Å². The number of rotatable bonds is 2. The molecule has 0 saturated carbocycles. The van der Waals surface area contributed by atoms with Crippen LogP contribution in [0.3, 0.4) is 0 Å². The minimum Gasteiger partial charge on any atom is -0.166 e. The normalized spacial score (nSPS) is 11.8. The van der Waals surface area contributed by atoms with Crippen molar-refractivity contribution in [3.05, 3.63) is 56.5 Å². The van der Waals surface area contributed by atoms with Gasteiger partial charge in [0.25, 0.3) is 0 Å². The minimum atomic E-state index is -4.40. The van der Waals surface area contributed by atoms with Crippen LogP contribution in [0.1, 0.15) is 11.1 Å². The van der Waals surface area contributed by atoms with Gasteiger partial charge in [0.1, 0.15) is 0 Å². The zero-order chi connectivity index (χ0) is 15.8. The van der Waals surface area contributed by atoms with Gasteiger partial charge in [0.15, 0.2) is 0 Å². The SMILES string of the molecule is FC(F)(F)c1ccc(-c2cc(Cl)c(Cl)cc2Cl)cc1CBr. The Labute approximate surface area is 142 Å². The summed E-state index contributed by atoms with van der Waals surface area (Å²) in [6, 6.07) is 6.83. The van der Waals surface area contributed by atoms with E-state index in [1.54, 1.807) is 0 Å². The maximum absolute atomic E-state index is 12.9. The van der Waals surface area contributed by atoms with Crippen molar-refractivity contribution >= 4 is 50.7 Å². The van der Waals surface area contributed by atoms with Crippen LogP contribution in [0.2, 0.25) is 15.1 Å². The highest BCUT2D eigenvalue weighted by Gasteiger charge is 2.33. The van der Waals surface area contributed by atoms with Crippen LogP contribution in [0.4, 0.5) is 13.2 Å². The summed E-state index contributed by atoms with van der Waals surface area (Å²) in [5.74, 6) is 0. The van der Waals surface area contributed by atoms with Gasteiger partial charge in [-0.1, -0.05) is 56.8 Å². The Hall–Kier alpha value is -0.420. The highest BCUT2D eigenvalue weighted by molar-refractivity contribution is 9.08. The molecule has 0 aliphatic heterocycles. The zero-order valence-corrected chi connectivity index (χ0v) is 14.1. The molecule has 0 atom stereocenters.